The molecule has 10 aromatic carbocycles. The van der Waals surface area contributed by atoms with Gasteiger partial charge in [0.2, 0.25) is 6.71 Å². The number of anilines is 3. The standard InChI is InChI=1S/C56H34BN/c1-5-17-35(18-6-1)39-31-47-43-28-15-26-41-45(37-21-9-3-10-22-37)33-50-55(52(41)43)57-54(47)48(32-39)44-29-16-27-42-46(38-23-11-4-12-24-38)34-51(56(57)53(42)44)58(50)49-30-14-13-25-40(49)36-19-7-2-8-20-36/h1-34H. The van der Waals surface area contributed by atoms with Crippen molar-refractivity contribution in [3.63, 3.8) is 0 Å². The van der Waals surface area contributed by atoms with Gasteiger partial charge in [-0.15, -0.1) is 0 Å². The molecule has 3 aliphatic heterocycles. The number of fused-ring (bicyclic) bond motifs is 2. The second-order valence-corrected chi connectivity index (χ2v) is 15.9. The predicted octanol–water partition coefficient (Wildman–Crippen LogP) is 12.9. The van der Waals surface area contributed by atoms with Crippen LogP contribution in [0.2, 0.25) is 0 Å². The molecule has 0 fully saturated rings. The van der Waals surface area contributed by atoms with Gasteiger partial charge < -0.3 is 4.90 Å². The SMILES string of the molecule is c1ccc(-c2cc3c4c(c2)-c2cccc5c(-c6ccccc6)cc6c(c25)B4c2c(cc(-c4ccccc4)c4cccc-3c24)N6c2ccccc2-c2ccccc2)cc1. The van der Waals surface area contributed by atoms with E-state index in [0.717, 1.165) is 0 Å². The highest BCUT2D eigenvalue weighted by Crippen LogP contribution is 2.52. The van der Waals surface area contributed by atoms with Crippen molar-refractivity contribution in [3.05, 3.63) is 206 Å². The highest BCUT2D eigenvalue weighted by Gasteiger charge is 2.47. The first-order chi connectivity index (χ1) is 28.8. The predicted molar refractivity (Wildman–Crippen MR) is 247 cm³/mol. The van der Waals surface area contributed by atoms with Gasteiger partial charge in [-0.2, -0.15) is 0 Å². The number of rotatable bonds is 5. The molecule has 3 aliphatic rings. The first kappa shape index (κ1) is 31.8. The summed E-state index contributed by atoms with van der Waals surface area (Å²) in [4.78, 5) is 2.63. The quantitative estimate of drug-likeness (QED) is 0.159. The van der Waals surface area contributed by atoms with Crippen LogP contribution in [-0.4, -0.2) is 6.71 Å². The monoisotopic (exact) mass is 731 g/mol. The Bertz CT molecular complexity index is 3160. The number of nitrogens with zero attached hydrogens (tertiary/aromatic N) is 1. The molecule has 0 spiro atoms. The van der Waals surface area contributed by atoms with Crippen molar-refractivity contribution < 1.29 is 0 Å². The first-order valence-electron chi connectivity index (χ1n) is 20.3. The molecule has 0 amide bonds. The Balaban J connectivity index is 1.26. The normalized spacial score (nSPS) is 12.8. The van der Waals surface area contributed by atoms with Crippen LogP contribution in [0.25, 0.3) is 88.3 Å². The molecule has 0 bridgehead atoms. The van der Waals surface area contributed by atoms with Gasteiger partial charge in [0.05, 0.1) is 5.69 Å². The molecular formula is C56H34BN. The minimum Gasteiger partial charge on any atom is -0.311 e. The van der Waals surface area contributed by atoms with Crippen LogP contribution in [-0.2, 0) is 0 Å². The highest BCUT2D eigenvalue weighted by molar-refractivity contribution is 7.04. The summed E-state index contributed by atoms with van der Waals surface area (Å²) < 4.78 is 0. The Morgan fingerprint density at radius 1 is 0.259 bits per heavy atom. The van der Waals surface area contributed by atoms with Gasteiger partial charge in [-0.1, -0.05) is 181 Å². The van der Waals surface area contributed by atoms with Crippen molar-refractivity contribution in [1.29, 1.82) is 0 Å². The van der Waals surface area contributed by atoms with Gasteiger partial charge in [-0.3, -0.25) is 0 Å². The third kappa shape index (κ3) is 4.32. The van der Waals surface area contributed by atoms with E-state index in [9.17, 15) is 0 Å². The Morgan fingerprint density at radius 2 is 0.672 bits per heavy atom. The van der Waals surface area contributed by atoms with Crippen molar-refractivity contribution in [2.75, 3.05) is 4.90 Å². The van der Waals surface area contributed by atoms with Crippen molar-refractivity contribution in [2.45, 2.75) is 0 Å². The molecule has 10 aromatic rings. The van der Waals surface area contributed by atoms with Crippen molar-refractivity contribution >= 4 is 61.7 Å². The van der Waals surface area contributed by atoms with Crippen LogP contribution in [0.4, 0.5) is 17.1 Å². The van der Waals surface area contributed by atoms with Gasteiger partial charge in [-0.25, -0.2) is 0 Å². The molecule has 0 radical (unpaired) electrons. The van der Waals surface area contributed by atoms with E-state index in [-0.39, 0.29) is 6.71 Å². The fourth-order valence-corrected chi connectivity index (χ4v) is 10.7. The molecule has 0 aliphatic carbocycles. The van der Waals surface area contributed by atoms with E-state index in [4.69, 9.17) is 0 Å². The lowest BCUT2D eigenvalue weighted by Gasteiger charge is -2.45. The molecule has 0 N–H and O–H groups in total. The highest BCUT2D eigenvalue weighted by atomic mass is 15.2. The molecule has 1 nitrogen and oxygen atoms in total. The maximum absolute atomic E-state index is 2.63. The van der Waals surface area contributed by atoms with Crippen molar-refractivity contribution in [3.8, 4) is 66.8 Å². The van der Waals surface area contributed by atoms with E-state index in [1.165, 1.54) is 122 Å². The summed E-state index contributed by atoms with van der Waals surface area (Å²) in [6.07, 6.45) is 0. The third-order valence-corrected chi connectivity index (χ3v) is 13.0. The smallest absolute Gasteiger partial charge is 0.249 e. The third-order valence-electron chi connectivity index (χ3n) is 13.0. The molecular weight excluding hydrogens is 697 g/mol. The van der Waals surface area contributed by atoms with Crippen LogP contribution in [0.15, 0.2) is 206 Å². The maximum atomic E-state index is 2.63. The lowest BCUT2D eigenvalue weighted by molar-refractivity contribution is 1.30. The number of benzene rings is 10. The first-order valence-corrected chi connectivity index (χ1v) is 20.3. The number of para-hydroxylation sites is 1. The van der Waals surface area contributed by atoms with Gasteiger partial charge in [0, 0.05) is 16.9 Å². The summed E-state index contributed by atoms with van der Waals surface area (Å²) in [7, 11) is 0. The minimum absolute atomic E-state index is 0.0596. The average molecular weight is 732 g/mol. The molecule has 0 saturated carbocycles. The molecule has 58 heavy (non-hydrogen) atoms. The van der Waals surface area contributed by atoms with Crippen LogP contribution in [0, 0.1) is 0 Å². The summed E-state index contributed by atoms with van der Waals surface area (Å²) in [5, 5.41) is 5.33. The van der Waals surface area contributed by atoms with E-state index < -0.39 is 0 Å². The van der Waals surface area contributed by atoms with E-state index in [2.05, 4.69) is 211 Å². The van der Waals surface area contributed by atoms with E-state index >= 15 is 0 Å². The van der Waals surface area contributed by atoms with Crippen LogP contribution >= 0.6 is 0 Å². The largest absolute Gasteiger partial charge is 0.311 e. The van der Waals surface area contributed by atoms with Crippen LogP contribution in [0.1, 0.15) is 0 Å². The second-order valence-electron chi connectivity index (χ2n) is 15.9. The van der Waals surface area contributed by atoms with E-state index in [1.54, 1.807) is 0 Å². The van der Waals surface area contributed by atoms with Crippen LogP contribution < -0.4 is 21.3 Å². The lowest BCUT2D eigenvalue weighted by atomic mass is 9.29. The number of hydrogen-bond acceptors (Lipinski definition) is 1. The Morgan fingerprint density at radius 3 is 1.17 bits per heavy atom. The fraction of sp³-hybridized carbons (Fsp3) is 0. The maximum Gasteiger partial charge on any atom is 0.249 e. The van der Waals surface area contributed by atoms with Gasteiger partial charge in [0.1, 0.15) is 0 Å². The molecule has 0 unspecified atom stereocenters. The van der Waals surface area contributed by atoms with Crippen molar-refractivity contribution in [2.24, 2.45) is 0 Å². The molecule has 0 saturated heterocycles. The van der Waals surface area contributed by atoms with Gasteiger partial charge in [-0.05, 0) is 124 Å². The summed E-state index contributed by atoms with van der Waals surface area (Å²) in [5.74, 6) is 0. The average Bonchev–Trinajstić information content (AvgIpc) is 3.30. The van der Waals surface area contributed by atoms with Crippen LogP contribution in [0.3, 0.4) is 0 Å². The zero-order valence-corrected chi connectivity index (χ0v) is 31.7. The molecule has 0 atom stereocenters. The molecule has 266 valence electrons. The topological polar surface area (TPSA) is 3.24 Å². The van der Waals surface area contributed by atoms with E-state index in [0.29, 0.717) is 0 Å². The van der Waals surface area contributed by atoms with Gasteiger partial charge >= 0.3 is 0 Å². The van der Waals surface area contributed by atoms with Crippen molar-refractivity contribution in [1.82, 2.24) is 0 Å². The summed E-state index contributed by atoms with van der Waals surface area (Å²) >= 11 is 0. The van der Waals surface area contributed by atoms with Gasteiger partial charge in [0.15, 0.2) is 0 Å². The Labute approximate surface area is 338 Å². The van der Waals surface area contributed by atoms with Crippen LogP contribution in [0.5, 0.6) is 0 Å². The minimum atomic E-state index is 0.0596. The second kappa shape index (κ2) is 12.0. The molecule has 2 heteroatoms. The Hall–Kier alpha value is -7.42. The zero-order chi connectivity index (χ0) is 37.9. The van der Waals surface area contributed by atoms with Gasteiger partial charge in [0.25, 0.3) is 0 Å². The molecule has 13 rings (SSSR count). The fourth-order valence-electron chi connectivity index (χ4n) is 10.7. The zero-order valence-electron chi connectivity index (χ0n) is 31.7. The Kier molecular flexibility index (Phi) is 6.59. The summed E-state index contributed by atoms with van der Waals surface area (Å²) in [6.45, 7) is 0.0596. The number of hydrogen-bond donors (Lipinski definition) is 0. The summed E-state index contributed by atoms with van der Waals surface area (Å²) in [6, 6.07) is 76.9. The molecule has 0 aromatic heterocycles. The lowest BCUT2D eigenvalue weighted by Crippen LogP contribution is -2.61. The molecule has 3 heterocycles. The summed E-state index contributed by atoms with van der Waals surface area (Å²) in [5.41, 5.74) is 23.1. The van der Waals surface area contributed by atoms with E-state index in [1.807, 2.05) is 0 Å².